The van der Waals surface area contributed by atoms with Gasteiger partial charge < -0.3 is 9.84 Å². The highest BCUT2D eigenvalue weighted by Gasteiger charge is 2.14. The van der Waals surface area contributed by atoms with Crippen LogP contribution in [0.2, 0.25) is 0 Å². The minimum atomic E-state index is -0.281. The molecule has 1 rings (SSSR count). The SMILES string of the molecule is COCCC(C)C(O)Cc1cccc(C)c1. The lowest BCUT2D eigenvalue weighted by Crippen LogP contribution is -2.21. The first kappa shape index (κ1) is 13.2. The van der Waals surface area contributed by atoms with Gasteiger partial charge in [-0.15, -0.1) is 0 Å². The Bertz CT molecular complexity index is 309. The lowest BCUT2D eigenvalue weighted by atomic mass is 9.95. The van der Waals surface area contributed by atoms with E-state index in [2.05, 4.69) is 32.0 Å². The van der Waals surface area contributed by atoms with Gasteiger partial charge in [-0.25, -0.2) is 0 Å². The average molecular weight is 222 g/mol. The maximum Gasteiger partial charge on any atom is 0.0606 e. The number of hydrogen-bond donors (Lipinski definition) is 1. The van der Waals surface area contributed by atoms with Crippen LogP contribution in [0.3, 0.4) is 0 Å². The summed E-state index contributed by atoms with van der Waals surface area (Å²) in [4.78, 5) is 0. The molecule has 1 N–H and O–H groups in total. The maximum absolute atomic E-state index is 10.0. The third kappa shape index (κ3) is 4.33. The van der Waals surface area contributed by atoms with Gasteiger partial charge in [0.1, 0.15) is 0 Å². The molecular weight excluding hydrogens is 200 g/mol. The topological polar surface area (TPSA) is 29.5 Å². The summed E-state index contributed by atoms with van der Waals surface area (Å²) in [5.74, 6) is 0.278. The first-order chi connectivity index (χ1) is 7.63. The van der Waals surface area contributed by atoms with Crippen LogP contribution in [-0.4, -0.2) is 24.9 Å². The molecule has 0 aliphatic rings. The van der Waals surface area contributed by atoms with E-state index in [1.807, 2.05) is 6.07 Å². The van der Waals surface area contributed by atoms with E-state index >= 15 is 0 Å². The molecule has 0 aromatic heterocycles. The molecule has 16 heavy (non-hydrogen) atoms. The molecule has 2 unspecified atom stereocenters. The van der Waals surface area contributed by atoms with Crippen LogP contribution in [0.15, 0.2) is 24.3 Å². The monoisotopic (exact) mass is 222 g/mol. The number of aliphatic hydroxyl groups is 1. The molecule has 0 saturated carbocycles. The van der Waals surface area contributed by atoms with Crippen molar-refractivity contribution < 1.29 is 9.84 Å². The fourth-order valence-electron chi connectivity index (χ4n) is 1.78. The Labute approximate surface area is 98.3 Å². The minimum Gasteiger partial charge on any atom is -0.393 e. The van der Waals surface area contributed by atoms with Crippen molar-refractivity contribution in [1.82, 2.24) is 0 Å². The van der Waals surface area contributed by atoms with Gasteiger partial charge in [-0.3, -0.25) is 0 Å². The van der Waals surface area contributed by atoms with Crippen molar-refractivity contribution in [1.29, 1.82) is 0 Å². The largest absolute Gasteiger partial charge is 0.393 e. The van der Waals surface area contributed by atoms with Crippen LogP contribution in [0.5, 0.6) is 0 Å². The van der Waals surface area contributed by atoms with Gasteiger partial charge >= 0.3 is 0 Å². The third-order valence-electron chi connectivity index (χ3n) is 2.96. The highest BCUT2D eigenvalue weighted by atomic mass is 16.5. The standard InChI is InChI=1S/C14H22O2/c1-11-5-4-6-13(9-11)10-14(15)12(2)7-8-16-3/h4-6,9,12,14-15H,7-8,10H2,1-3H3. The van der Waals surface area contributed by atoms with Crippen molar-refractivity contribution in [2.45, 2.75) is 32.8 Å². The van der Waals surface area contributed by atoms with Crippen LogP contribution in [0.25, 0.3) is 0 Å². The minimum absolute atomic E-state index is 0.278. The van der Waals surface area contributed by atoms with Crippen molar-refractivity contribution in [3.63, 3.8) is 0 Å². The normalized spacial score (nSPS) is 14.8. The zero-order valence-electron chi connectivity index (χ0n) is 10.4. The van der Waals surface area contributed by atoms with E-state index in [4.69, 9.17) is 4.74 Å². The Balaban J connectivity index is 2.47. The van der Waals surface area contributed by atoms with Gasteiger partial charge in [0.15, 0.2) is 0 Å². The van der Waals surface area contributed by atoms with E-state index < -0.39 is 0 Å². The number of aliphatic hydroxyl groups excluding tert-OH is 1. The smallest absolute Gasteiger partial charge is 0.0606 e. The Hall–Kier alpha value is -0.860. The van der Waals surface area contributed by atoms with E-state index in [0.717, 1.165) is 12.8 Å². The highest BCUT2D eigenvalue weighted by molar-refractivity contribution is 5.22. The summed E-state index contributed by atoms with van der Waals surface area (Å²) in [6.07, 6.45) is 1.35. The number of methoxy groups -OCH3 is 1. The molecule has 2 heteroatoms. The van der Waals surface area contributed by atoms with Gasteiger partial charge in [-0.2, -0.15) is 0 Å². The fraction of sp³-hybridized carbons (Fsp3) is 0.571. The summed E-state index contributed by atoms with van der Waals surface area (Å²) >= 11 is 0. The van der Waals surface area contributed by atoms with Crippen LogP contribution in [-0.2, 0) is 11.2 Å². The number of benzene rings is 1. The molecule has 0 amide bonds. The van der Waals surface area contributed by atoms with Crippen molar-refractivity contribution in [2.24, 2.45) is 5.92 Å². The van der Waals surface area contributed by atoms with Gasteiger partial charge in [0.25, 0.3) is 0 Å². The summed E-state index contributed by atoms with van der Waals surface area (Å²) in [5.41, 5.74) is 2.45. The summed E-state index contributed by atoms with van der Waals surface area (Å²) in [5, 5.41) is 10.0. The number of ether oxygens (including phenoxy) is 1. The first-order valence-corrected chi connectivity index (χ1v) is 5.86. The molecule has 0 saturated heterocycles. The van der Waals surface area contributed by atoms with E-state index in [1.54, 1.807) is 7.11 Å². The number of hydrogen-bond acceptors (Lipinski definition) is 2. The molecule has 1 aromatic rings. The molecule has 0 aliphatic heterocycles. The lowest BCUT2D eigenvalue weighted by molar-refractivity contribution is 0.0887. The van der Waals surface area contributed by atoms with E-state index in [-0.39, 0.29) is 12.0 Å². The highest BCUT2D eigenvalue weighted by Crippen LogP contribution is 2.14. The number of aryl methyl sites for hydroxylation is 1. The molecule has 1 aromatic carbocycles. The quantitative estimate of drug-likeness (QED) is 0.801. The maximum atomic E-state index is 10.0. The molecular formula is C14H22O2. The van der Waals surface area contributed by atoms with Gasteiger partial charge in [-0.1, -0.05) is 36.8 Å². The van der Waals surface area contributed by atoms with Gasteiger partial charge in [-0.05, 0) is 31.2 Å². The van der Waals surface area contributed by atoms with Crippen molar-refractivity contribution in [3.05, 3.63) is 35.4 Å². The molecule has 2 atom stereocenters. The second-order valence-corrected chi connectivity index (χ2v) is 4.52. The van der Waals surface area contributed by atoms with Crippen LogP contribution in [0, 0.1) is 12.8 Å². The third-order valence-corrected chi connectivity index (χ3v) is 2.96. The predicted molar refractivity (Wildman–Crippen MR) is 66.5 cm³/mol. The molecule has 0 spiro atoms. The summed E-state index contributed by atoms with van der Waals surface area (Å²) in [6, 6.07) is 8.31. The van der Waals surface area contributed by atoms with E-state index in [1.165, 1.54) is 11.1 Å². The van der Waals surface area contributed by atoms with Crippen LogP contribution in [0.4, 0.5) is 0 Å². The Morgan fingerprint density at radius 1 is 1.38 bits per heavy atom. The zero-order chi connectivity index (χ0) is 12.0. The fourth-order valence-corrected chi connectivity index (χ4v) is 1.78. The number of rotatable bonds is 6. The Kier molecular flexibility index (Phi) is 5.50. The molecule has 0 heterocycles. The first-order valence-electron chi connectivity index (χ1n) is 5.86. The summed E-state index contributed by atoms with van der Waals surface area (Å²) < 4.78 is 5.02. The predicted octanol–water partition coefficient (Wildman–Crippen LogP) is 2.57. The van der Waals surface area contributed by atoms with E-state index in [0.29, 0.717) is 6.61 Å². The molecule has 0 fully saturated rings. The summed E-state index contributed by atoms with van der Waals surface area (Å²) in [6.45, 7) is 4.86. The van der Waals surface area contributed by atoms with Gasteiger partial charge in [0, 0.05) is 13.7 Å². The van der Waals surface area contributed by atoms with Crippen LogP contribution >= 0.6 is 0 Å². The summed E-state index contributed by atoms with van der Waals surface area (Å²) in [7, 11) is 1.69. The molecule has 2 nitrogen and oxygen atoms in total. The molecule has 0 bridgehead atoms. The second kappa shape index (κ2) is 6.66. The van der Waals surface area contributed by atoms with Gasteiger partial charge in [0.2, 0.25) is 0 Å². The van der Waals surface area contributed by atoms with Crippen molar-refractivity contribution >= 4 is 0 Å². The Morgan fingerprint density at radius 3 is 2.75 bits per heavy atom. The van der Waals surface area contributed by atoms with Crippen molar-refractivity contribution in [2.75, 3.05) is 13.7 Å². The molecule has 0 aliphatic carbocycles. The van der Waals surface area contributed by atoms with Crippen molar-refractivity contribution in [3.8, 4) is 0 Å². The average Bonchev–Trinajstić information content (AvgIpc) is 2.25. The lowest BCUT2D eigenvalue weighted by Gasteiger charge is -2.18. The van der Waals surface area contributed by atoms with Crippen LogP contribution in [0.1, 0.15) is 24.5 Å². The van der Waals surface area contributed by atoms with Crippen LogP contribution < -0.4 is 0 Å². The Morgan fingerprint density at radius 2 is 2.12 bits per heavy atom. The zero-order valence-corrected chi connectivity index (χ0v) is 10.4. The van der Waals surface area contributed by atoms with E-state index in [9.17, 15) is 5.11 Å². The molecule has 0 radical (unpaired) electrons. The molecule has 90 valence electrons. The second-order valence-electron chi connectivity index (χ2n) is 4.52. The van der Waals surface area contributed by atoms with Gasteiger partial charge in [0.05, 0.1) is 6.10 Å².